The second-order valence-electron chi connectivity index (χ2n) is 15.0. The second kappa shape index (κ2) is 20.8. The number of hydrogen-bond donors (Lipinski definition) is 0. The molecule has 0 saturated heterocycles. The van der Waals surface area contributed by atoms with Crippen LogP contribution in [0.15, 0.2) is 255 Å². The molecule has 8 aromatic carbocycles. The van der Waals surface area contributed by atoms with Gasteiger partial charge in [-0.25, -0.2) is 8.88 Å². The topological polar surface area (TPSA) is 6.48 Å². The molecule has 0 aromatic heterocycles. The second-order valence-corrected chi connectivity index (χ2v) is 24.0. The summed E-state index contributed by atoms with van der Waals surface area (Å²) < 4.78 is 6.03. The molecule has 0 heterocycles. The van der Waals surface area contributed by atoms with Crippen molar-refractivity contribution < 1.29 is 0 Å². The summed E-state index contributed by atoms with van der Waals surface area (Å²) in [5.41, 5.74) is 0. The molecule has 300 valence electrons. The van der Waals surface area contributed by atoms with Gasteiger partial charge in [0.15, 0.2) is 0 Å². The highest BCUT2D eigenvalue weighted by Crippen LogP contribution is 2.60. The Balaban J connectivity index is 1.28. The number of allylic oxidation sites excluding steroid dienone is 1. The lowest BCUT2D eigenvalue weighted by atomic mass is 10.1. The van der Waals surface area contributed by atoms with Crippen molar-refractivity contribution in [1.82, 2.24) is 8.88 Å². The van der Waals surface area contributed by atoms with Gasteiger partial charge in [0.05, 0.1) is 0 Å². The molecule has 9 rings (SSSR count). The molecule has 0 fully saturated rings. The smallest absolute Gasteiger partial charge is 0.0382 e. The number of rotatable bonds is 14. The Morgan fingerprint density at radius 3 is 0.770 bits per heavy atom. The molecule has 0 N–H and O–H groups in total. The quantitative estimate of drug-likeness (QED) is 0.0794. The van der Waals surface area contributed by atoms with Crippen molar-refractivity contribution >= 4 is 74.7 Å². The van der Waals surface area contributed by atoms with Gasteiger partial charge in [-0.05, 0) is 61.7 Å². The van der Waals surface area contributed by atoms with E-state index in [0.717, 1.165) is 19.3 Å². The van der Waals surface area contributed by atoms with Gasteiger partial charge in [0.2, 0.25) is 0 Å². The zero-order valence-electron chi connectivity index (χ0n) is 34.2. The van der Waals surface area contributed by atoms with E-state index in [1.54, 1.807) is 0 Å². The molecule has 8 aromatic rings. The fraction of sp³-hybridized carbons (Fsp3) is 0.0909. The first-order chi connectivity index (χ1) is 30.3. The minimum atomic E-state index is -0.977. The predicted molar refractivity (Wildman–Crippen MR) is 271 cm³/mol. The molecule has 0 amide bonds. The number of benzene rings is 8. The van der Waals surface area contributed by atoms with Gasteiger partial charge in [-0.2, -0.15) is 0 Å². The molecule has 2 atom stereocenters. The largest absolute Gasteiger partial charge is 0.242 e. The van der Waals surface area contributed by atoms with Gasteiger partial charge < -0.3 is 0 Å². The summed E-state index contributed by atoms with van der Waals surface area (Å²) in [5.74, 6) is 0. The van der Waals surface area contributed by atoms with Crippen molar-refractivity contribution in [2.75, 3.05) is 0 Å². The minimum Gasteiger partial charge on any atom is -0.242 e. The summed E-state index contributed by atoms with van der Waals surface area (Å²) in [5, 5.41) is 11.1. The highest BCUT2D eigenvalue weighted by atomic mass is 31.2. The van der Waals surface area contributed by atoms with Crippen LogP contribution in [-0.4, -0.2) is 21.0 Å². The van der Waals surface area contributed by atoms with Crippen LogP contribution in [0, 0.1) is 0 Å². The molecular formula is C55H50N2P4. The molecule has 1 aliphatic carbocycles. The van der Waals surface area contributed by atoms with Crippen LogP contribution in [0.1, 0.15) is 19.3 Å². The van der Waals surface area contributed by atoms with Crippen molar-refractivity contribution in [2.24, 2.45) is 0 Å². The van der Waals surface area contributed by atoms with E-state index < -0.39 is 32.3 Å². The van der Waals surface area contributed by atoms with Gasteiger partial charge in [0.25, 0.3) is 0 Å². The van der Waals surface area contributed by atoms with Crippen LogP contribution >= 0.6 is 32.3 Å². The molecule has 1 aliphatic rings. The van der Waals surface area contributed by atoms with Crippen LogP contribution < -0.4 is 42.4 Å². The molecule has 6 heteroatoms. The molecule has 61 heavy (non-hydrogen) atoms. The molecule has 0 saturated carbocycles. The highest BCUT2D eigenvalue weighted by molar-refractivity contribution is 7.85. The van der Waals surface area contributed by atoms with E-state index in [-0.39, 0.29) is 12.1 Å². The van der Waals surface area contributed by atoms with Crippen molar-refractivity contribution in [1.29, 1.82) is 0 Å². The average molecular weight is 863 g/mol. The molecular weight excluding hydrogens is 813 g/mol. The van der Waals surface area contributed by atoms with Crippen LogP contribution in [-0.2, 0) is 0 Å². The minimum absolute atomic E-state index is 0.139. The van der Waals surface area contributed by atoms with Crippen molar-refractivity contribution in [3.05, 3.63) is 255 Å². The Hall–Kier alpha value is -4.86. The molecule has 0 radical (unpaired) electrons. The fourth-order valence-corrected chi connectivity index (χ4v) is 20.9. The molecule has 0 bridgehead atoms. The van der Waals surface area contributed by atoms with Gasteiger partial charge >= 0.3 is 0 Å². The Morgan fingerprint density at radius 1 is 0.295 bits per heavy atom. The fourth-order valence-electron chi connectivity index (χ4n) is 8.30. The Bertz CT molecular complexity index is 2210. The molecule has 0 aliphatic heterocycles. The SMILES string of the molecule is C1=CC(N(P(c2ccccc2)c2ccccc2)P(c2ccccc2)c2ccccc2)CC(N(P(c2ccccc2)c2ccccc2)P(c2ccccc2)c2ccccc2)CC1. The summed E-state index contributed by atoms with van der Waals surface area (Å²) in [6.45, 7) is 0. The van der Waals surface area contributed by atoms with Gasteiger partial charge in [0, 0.05) is 44.4 Å². The number of nitrogens with zero attached hydrogens (tertiary/aromatic N) is 2. The third kappa shape index (κ3) is 9.79. The lowest BCUT2D eigenvalue weighted by molar-refractivity contribution is 0.392. The van der Waals surface area contributed by atoms with Crippen LogP contribution in [0.4, 0.5) is 0 Å². The molecule has 0 spiro atoms. The maximum absolute atomic E-state index is 3.04. The summed E-state index contributed by atoms with van der Waals surface area (Å²) in [4.78, 5) is 0. The first-order valence-electron chi connectivity index (χ1n) is 21.2. The zero-order chi connectivity index (χ0) is 41.1. The summed E-state index contributed by atoms with van der Waals surface area (Å²) in [6.07, 6.45) is 8.20. The lowest BCUT2D eigenvalue weighted by Gasteiger charge is -2.47. The van der Waals surface area contributed by atoms with Crippen LogP contribution in [0.2, 0.25) is 0 Å². The van der Waals surface area contributed by atoms with Crippen LogP contribution in [0.25, 0.3) is 0 Å². The maximum atomic E-state index is 3.04. The summed E-state index contributed by atoms with van der Waals surface area (Å²) >= 11 is 0. The third-order valence-electron chi connectivity index (χ3n) is 11.0. The molecule has 2 unspecified atom stereocenters. The zero-order valence-corrected chi connectivity index (χ0v) is 37.8. The predicted octanol–water partition coefficient (Wildman–Crippen LogP) is 11.3. The Kier molecular flexibility index (Phi) is 14.2. The van der Waals surface area contributed by atoms with E-state index in [2.05, 4.69) is 264 Å². The van der Waals surface area contributed by atoms with Gasteiger partial charge in [-0.3, -0.25) is 0 Å². The third-order valence-corrected chi connectivity index (χ3v) is 22.3. The van der Waals surface area contributed by atoms with Crippen LogP contribution in [0.5, 0.6) is 0 Å². The van der Waals surface area contributed by atoms with E-state index >= 15 is 0 Å². The van der Waals surface area contributed by atoms with E-state index in [1.807, 2.05) is 0 Å². The Morgan fingerprint density at radius 2 is 0.525 bits per heavy atom. The normalized spacial score (nSPS) is 15.5. The van der Waals surface area contributed by atoms with E-state index in [1.165, 1.54) is 42.4 Å². The van der Waals surface area contributed by atoms with Crippen molar-refractivity contribution in [2.45, 2.75) is 31.3 Å². The summed E-state index contributed by atoms with van der Waals surface area (Å²) in [7, 11) is -3.86. The van der Waals surface area contributed by atoms with Gasteiger partial charge in [-0.1, -0.05) is 255 Å². The standard InChI is InChI=1S/C55H50N2P4/c1-9-29-48(30-10-1)58(49-31-11-2-12-32-49)56(59(50-33-13-3-14-34-50)51-35-15-4-16-36-51)46-27-25-26-28-47(45-46)57(60(52-37-17-5-18-38-52)53-39-19-6-20-40-53)61(54-41-21-7-22-42-54)55-43-23-8-24-44-55/h1-25,27,29-44,46-47H,26,28,45H2. The highest BCUT2D eigenvalue weighted by Gasteiger charge is 2.42. The number of hydrogen-bond acceptors (Lipinski definition) is 2. The van der Waals surface area contributed by atoms with Gasteiger partial charge in [0.1, 0.15) is 0 Å². The first kappa shape index (κ1) is 41.5. The van der Waals surface area contributed by atoms with E-state index in [0.29, 0.717) is 0 Å². The molecule has 2 nitrogen and oxygen atoms in total. The Labute approximate surface area is 367 Å². The lowest BCUT2D eigenvalue weighted by Crippen LogP contribution is -2.43. The average Bonchev–Trinajstić information content (AvgIpc) is 3.60. The van der Waals surface area contributed by atoms with Crippen molar-refractivity contribution in [3.63, 3.8) is 0 Å². The van der Waals surface area contributed by atoms with E-state index in [9.17, 15) is 0 Å². The van der Waals surface area contributed by atoms with E-state index in [4.69, 9.17) is 0 Å². The van der Waals surface area contributed by atoms with Crippen molar-refractivity contribution in [3.8, 4) is 0 Å². The summed E-state index contributed by atoms with van der Waals surface area (Å²) in [6, 6.07) is 91.4. The first-order valence-corrected chi connectivity index (χ1v) is 26.4. The van der Waals surface area contributed by atoms with Crippen LogP contribution in [0.3, 0.4) is 0 Å². The monoisotopic (exact) mass is 862 g/mol. The van der Waals surface area contributed by atoms with Gasteiger partial charge in [-0.15, -0.1) is 0 Å². The maximum Gasteiger partial charge on any atom is 0.0382 e.